The third-order valence-electron chi connectivity index (χ3n) is 11.2. The molecule has 0 bridgehead atoms. The average Bonchev–Trinajstić information content (AvgIpc) is 3.19. The van der Waals surface area contributed by atoms with Gasteiger partial charge in [-0.05, 0) is 162 Å². The minimum Gasteiger partial charge on any atom is -0.213 e. The number of hydrogen-bond acceptors (Lipinski definition) is 6. The number of aromatic nitrogens is 6. The Labute approximate surface area is 356 Å². The van der Waals surface area contributed by atoms with Crippen molar-refractivity contribution in [2.24, 2.45) is 0 Å². The van der Waals surface area contributed by atoms with E-state index in [1.165, 1.54) is 77.9 Å². The highest BCUT2D eigenvalue weighted by molar-refractivity contribution is 5.75. The molecule has 0 N–H and O–H groups in total. The maximum Gasteiger partial charge on any atom is 0.163 e. The van der Waals surface area contributed by atoms with Crippen LogP contribution in [0.3, 0.4) is 0 Å². The van der Waals surface area contributed by atoms with Gasteiger partial charge in [0, 0.05) is 22.3 Å². The molecule has 0 aliphatic carbocycles. The number of benzene rings is 6. The molecule has 0 atom stereocenters. The van der Waals surface area contributed by atoms with Crippen LogP contribution in [0.25, 0.3) is 67.8 Å². The van der Waals surface area contributed by atoms with E-state index in [2.05, 4.69) is 198 Å². The normalized spacial score (nSPS) is 11.0. The van der Waals surface area contributed by atoms with Gasteiger partial charge in [0.05, 0.1) is 0 Å². The lowest BCUT2D eigenvalue weighted by Crippen LogP contribution is -2.00. The molecule has 6 nitrogen and oxygen atoms in total. The van der Waals surface area contributed by atoms with Crippen LogP contribution in [0.5, 0.6) is 0 Å². The number of aryl methyl sites for hydroxylation is 12. The summed E-state index contributed by atoms with van der Waals surface area (Å²) in [7, 11) is 0. The molecule has 2 aromatic heterocycles. The van der Waals surface area contributed by atoms with E-state index in [0.717, 1.165) is 39.7 Å². The topological polar surface area (TPSA) is 77.3 Å². The Bertz CT molecular complexity index is 2640. The fraction of sp³-hybridized carbons (Fsp3) is 0.222. The second-order valence-electron chi connectivity index (χ2n) is 16.4. The summed E-state index contributed by atoms with van der Waals surface area (Å²) in [5.41, 5.74) is 21.8. The summed E-state index contributed by atoms with van der Waals surface area (Å²) in [6, 6.07) is 38.7. The van der Waals surface area contributed by atoms with Crippen molar-refractivity contribution in [3.05, 3.63) is 176 Å². The van der Waals surface area contributed by atoms with Gasteiger partial charge in [-0.25, -0.2) is 29.9 Å². The number of nitrogens with zero attached hydrogens (tertiary/aromatic N) is 6. The molecule has 0 fully saturated rings. The van der Waals surface area contributed by atoms with Crippen LogP contribution in [-0.2, 0) is 0 Å². The Morgan fingerprint density at radius 3 is 0.800 bits per heavy atom. The Morgan fingerprint density at radius 2 is 0.500 bits per heavy atom. The summed E-state index contributed by atoms with van der Waals surface area (Å²) in [5, 5.41) is 0. The van der Waals surface area contributed by atoms with E-state index in [0.29, 0.717) is 17.5 Å². The summed E-state index contributed by atoms with van der Waals surface area (Å²) in [5.74, 6) is 4.30. The molecule has 0 spiro atoms. The molecule has 0 aliphatic heterocycles. The van der Waals surface area contributed by atoms with Gasteiger partial charge >= 0.3 is 0 Å². The predicted molar refractivity (Wildman–Crippen MR) is 249 cm³/mol. The Hall–Kier alpha value is -6.66. The zero-order valence-corrected chi connectivity index (χ0v) is 37.1. The minimum atomic E-state index is 0.695. The van der Waals surface area contributed by atoms with Crippen molar-refractivity contribution in [3.63, 3.8) is 0 Å². The molecule has 8 aromatic rings. The van der Waals surface area contributed by atoms with Crippen LogP contribution in [0.1, 0.15) is 67.3 Å². The van der Waals surface area contributed by atoms with Crippen LogP contribution in [0.2, 0.25) is 0 Å². The third-order valence-corrected chi connectivity index (χ3v) is 11.2. The van der Waals surface area contributed by atoms with Gasteiger partial charge in [-0.3, -0.25) is 0 Å². The third kappa shape index (κ3) is 9.14. The van der Waals surface area contributed by atoms with E-state index in [1.54, 1.807) is 0 Å². The van der Waals surface area contributed by atoms with Gasteiger partial charge in [0.1, 0.15) is 11.6 Å². The summed E-state index contributed by atoms with van der Waals surface area (Å²) in [6.07, 6.45) is 0. The molecule has 0 unspecified atom stereocenters. The first kappa shape index (κ1) is 41.5. The van der Waals surface area contributed by atoms with Gasteiger partial charge in [0.15, 0.2) is 23.3 Å². The van der Waals surface area contributed by atoms with Crippen molar-refractivity contribution in [2.75, 3.05) is 0 Å². The van der Waals surface area contributed by atoms with E-state index < -0.39 is 0 Å². The molecule has 0 radical (unpaired) electrons. The maximum atomic E-state index is 4.85. The summed E-state index contributed by atoms with van der Waals surface area (Å²) < 4.78 is 0. The van der Waals surface area contributed by atoms with Crippen molar-refractivity contribution in [1.29, 1.82) is 0 Å². The van der Waals surface area contributed by atoms with Crippen molar-refractivity contribution < 1.29 is 0 Å². The van der Waals surface area contributed by atoms with Crippen LogP contribution < -0.4 is 0 Å². The largest absolute Gasteiger partial charge is 0.213 e. The summed E-state index contributed by atoms with van der Waals surface area (Å²) >= 11 is 0. The van der Waals surface area contributed by atoms with E-state index in [-0.39, 0.29) is 0 Å². The average molecular weight is 787 g/mol. The van der Waals surface area contributed by atoms with Gasteiger partial charge in [-0.1, -0.05) is 108 Å². The zero-order chi connectivity index (χ0) is 42.8. The van der Waals surface area contributed by atoms with Crippen LogP contribution in [0, 0.1) is 83.1 Å². The molecule has 300 valence electrons. The van der Waals surface area contributed by atoms with Gasteiger partial charge in [0.25, 0.3) is 0 Å². The molecule has 0 saturated heterocycles. The smallest absolute Gasteiger partial charge is 0.163 e. The first-order valence-corrected chi connectivity index (χ1v) is 20.6. The standard InChI is InChI=1S/C34H33N3.C20H21N3/c1-20-16-22(3)31(23(4)17-20)27-8-12-29(13-9-27)33-35-26(7)36-34(37-33)30-14-10-28(11-15-30)32-24(5)18-21(2)19-25(32)6;1-12-6-8-17(10-14(12)3)19-21-16(5)22-20(23-19)18-9-7-13(2)15(4)11-18/h8-19H,1-7H3;6-11H,1-5H3. The molecule has 8 rings (SSSR count). The molecular formula is C54H54N6. The van der Waals surface area contributed by atoms with Gasteiger partial charge < -0.3 is 0 Å². The van der Waals surface area contributed by atoms with Crippen LogP contribution in [0.4, 0.5) is 0 Å². The fourth-order valence-corrected chi connectivity index (χ4v) is 8.08. The van der Waals surface area contributed by atoms with Crippen molar-refractivity contribution in [1.82, 2.24) is 29.9 Å². The first-order chi connectivity index (χ1) is 28.6. The molecule has 6 heteroatoms. The monoisotopic (exact) mass is 786 g/mol. The highest BCUT2D eigenvalue weighted by Gasteiger charge is 2.14. The number of hydrogen-bond donors (Lipinski definition) is 0. The minimum absolute atomic E-state index is 0.695. The van der Waals surface area contributed by atoms with Gasteiger partial charge in [-0.15, -0.1) is 0 Å². The van der Waals surface area contributed by atoms with Crippen LogP contribution in [0.15, 0.2) is 109 Å². The SMILES string of the molecule is Cc1cc(C)c(-c2ccc(-c3nc(C)nc(-c4ccc(-c5c(C)cc(C)cc5C)cc4)n3)cc2)c(C)c1.Cc1nc(-c2ccc(C)c(C)c2)nc(-c2ccc(C)c(C)c2)n1. The lowest BCUT2D eigenvalue weighted by molar-refractivity contribution is 0.990. The Balaban J connectivity index is 0.000000203. The molecular weight excluding hydrogens is 733 g/mol. The highest BCUT2D eigenvalue weighted by atomic mass is 15.0. The van der Waals surface area contributed by atoms with E-state index in [9.17, 15) is 0 Å². The molecule has 0 saturated carbocycles. The van der Waals surface area contributed by atoms with Crippen molar-refractivity contribution >= 4 is 0 Å². The lowest BCUT2D eigenvalue weighted by Gasteiger charge is -2.13. The van der Waals surface area contributed by atoms with Gasteiger partial charge in [0.2, 0.25) is 0 Å². The highest BCUT2D eigenvalue weighted by Crippen LogP contribution is 2.32. The van der Waals surface area contributed by atoms with Crippen molar-refractivity contribution in [2.45, 2.75) is 83.1 Å². The van der Waals surface area contributed by atoms with Crippen LogP contribution >= 0.6 is 0 Å². The van der Waals surface area contributed by atoms with Crippen LogP contribution in [-0.4, -0.2) is 29.9 Å². The van der Waals surface area contributed by atoms with Gasteiger partial charge in [-0.2, -0.15) is 0 Å². The molecule has 60 heavy (non-hydrogen) atoms. The number of rotatable bonds is 6. The second-order valence-corrected chi connectivity index (χ2v) is 16.4. The second kappa shape index (κ2) is 17.3. The molecule has 0 aliphatic rings. The predicted octanol–water partition coefficient (Wildman–Crippen LogP) is 13.4. The zero-order valence-electron chi connectivity index (χ0n) is 37.1. The lowest BCUT2D eigenvalue weighted by atomic mass is 9.93. The molecule has 0 amide bonds. The maximum absolute atomic E-state index is 4.85. The Morgan fingerprint density at radius 1 is 0.233 bits per heavy atom. The fourth-order valence-electron chi connectivity index (χ4n) is 8.08. The summed E-state index contributed by atoms with van der Waals surface area (Å²) in [4.78, 5) is 27.9. The van der Waals surface area contributed by atoms with E-state index in [4.69, 9.17) is 9.97 Å². The quantitative estimate of drug-likeness (QED) is 0.167. The summed E-state index contributed by atoms with van der Waals surface area (Å²) in [6.45, 7) is 25.3. The van der Waals surface area contributed by atoms with E-state index >= 15 is 0 Å². The van der Waals surface area contributed by atoms with Crippen molar-refractivity contribution in [3.8, 4) is 67.8 Å². The molecule has 2 heterocycles. The Kier molecular flexibility index (Phi) is 12.0. The van der Waals surface area contributed by atoms with E-state index in [1.807, 2.05) is 13.8 Å². The first-order valence-electron chi connectivity index (χ1n) is 20.6. The molecule has 6 aromatic carbocycles.